The zero-order valence-corrected chi connectivity index (χ0v) is 16.8. The summed E-state index contributed by atoms with van der Waals surface area (Å²) in [5.74, 6) is 0.628. The average Bonchev–Trinajstić information content (AvgIpc) is 2.97. The van der Waals surface area contributed by atoms with Crippen LogP contribution in [0.1, 0.15) is 10.4 Å². The van der Waals surface area contributed by atoms with Gasteiger partial charge in [-0.25, -0.2) is 8.42 Å². The molecule has 0 aliphatic heterocycles. The van der Waals surface area contributed by atoms with E-state index in [2.05, 4.69) is 4.99 Å². The molecule has 1 amide bonds. The molecule has 0 atom stereocenters. The van der Waals surface area contributed by atoms with E-state index in [0.29, 0.717) is 16.3 Å². The number of amides is 1. The van der Waals surface area contributed by atoms with Crippen molar-refractivity contribution in [2.24, 2.45) is 12.0 Å². The first-order chi connectivity index (χ1) is 12.8. The van der Waals surface area contributed by atoms with Crippen LogP contribution >= 0.6 is 11.3 Å². The van der Waals surface area contributed by atoms with Crippen LogP contribution in [0.15, 0.2) is 46.3 Å². The molecule has 0 saturated heterocycles. The van der Waals surface area contributed by atoms with E-state index in [9.17, 15) is 13.2 Å². The fraction of sp³-hybridized carbons (Fsp3) is 0.222. The van der Waals surface area contributed by atoms with Crippen LogP contribution in [0.5, 0.6) is 11.5 Å². The van der Waals surface area contributed by atoms with Crippen LogP contribution in [0, 0.1) is 0 Å². The molecule has 142 valence electrons. The van der Waals surface area contributed by atoms with Crippen molar-refractivity contribution in [1.82, 2.24) is 4.57 Å². The van der Waals surface area contributed by atoms with Gasteiger partial charge in [0.1, 0.15) is 21.7 Å². The van der Waals surface area contributed by atoms with Gasteiger partial charge in [0, 0.05) is 13.3 Å². The number of carbonyl (C=O) groups excluding carboxylic acids is 1. The van der Waals surface area contributed by atoms with Crippen molar-refractivity contribution in [3.05, 3.63) is 46.8 Å². The van der Waals surface area contributed by atoms with Gasteiger partial charge in [0.05, 0.1) is 24.7 Å². The first kappa shape index (κ1) is 19.1. The number of nitrogens with zero attached hydrogens (tertiary/aromatic N) is 2. The Balaban J connectivity index is 2.24. The predicted molar refractivity (Wildman–Crippen MR) is 103 cm³/mol. The lowest BCUT2D eigenvalue weighted by molar-refractivity contribution is 0.0995. The summed E-state index contributed by atoms with van der Waals surface area (Å²) in [7, 11) is 1.33. The molecular formula is C18H18N2O5S2. The van der Waals surface area contributed by atoms with E-state index in [4.69, 9.17) is 9.47 Å². The Morgan fingerprint density at radius 1 is 1.07 bits per heavy atom. The monoisotopic (exact) mass is 406 g/mol. The summed E-state index contributed by atoms with van der Waals surface area (Å²) in [4.78, 5) is 17.2. The van der Waals surface area contributed by atoms with Gasteiger partial charge in [-0.15, -0.1) is 0 Å². The summed E-state index contributed by atoms with van der Waals surface area (Å²) in [6.45, 7) is 0. The molecule has 0 spiro atoms. The van der Waals surface area contributed by atoms with Crippen LogP contribution in [0.25, 0.3) is 10.2 Å². The zero-order chi connectivity index (χ0) is 19.8. The largest absolute Gasteiger partial charge is 0.495 e. The number of aromatic nitrogens is 1. The molecule has 0 saturated carbocycles. The van der Waals surface area contributed by atoms with Crippen molar-refractivity contribution < 1.29 is 22.7 Å². The fourth-order valence-electron chi connectivity index (χ4n) is 2.74. The molecule has 0 aliphatic rings. The highest BCUT2D eigenvalue weighted by atomic mass is 32.2. The van der Waals surface area contributed by atoms with Gasteiger partial charge >= 0.3 is 0 Å². The maximum absolute atomic E-state index is 12.7. The molecule has 3 aromatic rings. The molecule has 27 heavy (non-hydrogen) atoms. The van der Waals surface area contributed by atoms with Gasteiger partial charge in [0.15, 0.2) is 14.6 Å². The Kier molecular flexibility index (Phi) is 5.07. The third-order valence-corrected chi connectivity index (χ3v) is 6.33. The molecule has 3 rings (SSSR count). The van der Waals surface area contributed by atoms with E-state index in [1.165, 1.54) is 23.5 Å². The minimum atomic E-state index is -3.55. The molecule has 0 fully saturated rings. The number of ether oxygens (including phenoxy) is 2. The predicted octanol–water partition coefficient (Wildman–Crippen LogP) is 2.40. The van der Waals surface area contributed by atoms with Gasteiger partial charge in [-0.05, 0) is 24.3 Å². The number of methoxy groups -OCH3 is 2. The lowest BCUT2D eigenvalue weighted by Gasteiger charge is -2.06. The van der Waals surface area contributed by atoms with Crippen LogP contribution in [-0.4, -0.2) is 39.4 Å². The van der Waals surface area contributed by atoms with E-state index >= 15 is 0 Å². The SMILES string of the molecule is COc1ccc(OC)c2c1sc(=NC(=O)c1ccccc1S(C)(=O)=O)n2C. The molecular weight excluding hydrogens is 388 g/mol. The third-order valence-electron chi connectivity index (χ3n) is 4.03. The molecule has 0 bridgehead atoms. The molecule has 0 N–H and O–H groups in total. The van der Waals surface area contributed by atoms with Crippen LogP contribution in [-0.2, 0) is 16.9 Å². The van der Waals surface area contributed by atoms with E-state index in [1.54, 1.807) is 50.1 Å². The molecule has 1 heterocycles. The fourth-order valence-corrected chi connectivity index (χ4v) is 4.75. The normalized spacial score (nSPS) is 12.4. The van der Waals surface area contributed by atoms with Gasteiger partial charge in [-0.3, -0.25) is 4.79 Å². The smallest absolute Gasteiger partial charge is 0.280 e. The molecule has 2 aromatic carbocycles. The number of rotatable bonds is 4. The second-order valence-electron chi connectivity index (χ2n) is 5.78. The Bertz CT molecular complexity index is 1210. The second-order valence-corrected chi connectivity index (χ2v) is 8.74. The van der Waals surface area contributed by atoms with Crippen molar-refractivity contribution >= 4 is 37.3 Å². The average molecular weight is 406 g/mol. The highest BCUT2D eigenvalue weighted by Crippen LogP contribution is 2.34. The van der Waals surface area contributed by atoms with Gasteiger partial charge < -0.3 is 14.0 Å². The second kappa shape index (κ2) is 7.16. The lowest BCUT2D eigenvalue weighted by atomic mass is 10.2. The quantitative estimate of drug-likeness (QED) is 0.664. The van der Waals surface area contributed by atoms with E-state index in [1.807, 2.05) is 0 Å². The number of benzene rings is 2. The number of thiazole rings is 1. The van der Waals surface area contributed by atoms with Crippen LogP contribution in [0.2, 0.25) is 0 Å². The topological polar surface area (TPSA) is 87.0 Å². The highest BCUT2D eigenvalue weighted by Gasteiger charge is 2.19. The van der Waals surface area contributed by atoms with Crippen LogP contribution in [0.4, 0.5) is 0 Å². The first-order valence-electron chi connectivity index (χ1n) is 7.86. The number of aryl methyl sites for hydroxylation is 1. The summed E-state index contributed by atoms with van der Waals surface area (Å²) in [5.41, 5.74) is 0.779. The molecule has 1 aromatic heterocycles. The van der Waals surface area contributed by atoms with Crippen LogP contribution in [0.3, 0.4) is 0 Å². The standard InChI is InChI=1S/C18H18N2O5S2/c1-20-15-12(24-2)9-10-13(25-3)16(15)26-18(20)19-17(21)11-7-5-6-8-14(11)27(4,22)23/h5-10H,1-4H3. The van der Waals surface area contributed by atoms with Crippen LogP contribution < -0.4 is 14.3 Å². The minimum Gasteiger partial charge on any atom is -0.495 e. The highest BCUT2D eigenvalue weighted by molar-refractivity contribution is 7.90. The summed E-state index contributed by atoms with van der Waals surface area (Å²) in [6, 6.07) is 9.59. The maximum Gasteiger partial charge on any atom is 0.280 e. The number of fused-ring (bicyclic) bond motifs is 1. The van der Waals surface area contributed by atoms with E-state index in [0.717, 1.165) is 16.5 Å². The first-order valence-corrected chi connectivity index (χ1v) is 10.6. The lowest BCUT2D eigenvalue weighted by Crippen LogP contribution is -2.15. The zero-order valence-electron chi connectivity index (χ0n) is 15.2. The van der Waals surface area contributed by atoms with E-state index < -0.39 is 15.7 Å². The van der Waals surface area contributed by atoms with Crippen molar-refractivity contribution in [2.75, 3.05) is 20.5 Å². The maximum atomic E-state index is 12.7. The summed E-state index contributed by atoms with van der Waals surface area (Å²) >= 11 is 1.26. The Morgan fingerprint density at radius 2 is 1.70 bits per heavy atom. The molecule has 7 nitrogen and oxygen atoms in total. The molecule has 0 unspecified atom stereocenters. The van der Waals surface area contributed by atoms with Gasteiger partial charge in [0.2, 0.25) is 0 Å². The Hall–Kier alpha value is -2.65. The van der Waals surface area contributed by atoms with Gasteiger partial charge in [-0.2, -0.15) is 4.99 Å². The van der Waals surface area contributed by atoms with E-state index in [-0.39, 0.29) is 10.5 Å². The molecule has 0 radical (unpaired) electrons. The Labute approximate surface area is 160 Å². The number of hydrogen-bond acceptors (Lipinski definition) is 6. The van der Waals surface area contributed by atoms with Crippen molar-refractivity contribution in [2.45, 2.75) is 4.90 Å². The van der Waals surface area contributed by atoms with Gasteiger partial charge in [-0.1, -0.05) is 23.5 Å². The summed E-state index contributed by atoms with van der Waals surface area (Å²) < 4.78 is 37.2. The number of sulfone groups is 1. The number of carbonyl (C=O) groups is 1. The molecule has 9 heteroatoms. The van der Waals surface area contributed by atoms with Crippen molar-refractivity contribution in [1.29, 1.82) is 0 Å². The Morgan fingerprint density at radius 3 is 2.33 bits per heavy atom. The minimum absolute atomic E-state index is 0.0383. The summed E-state index contributed by atoms with van der Waals surface area (Å²) in [6.07, 6.45) is 1.06. The molecule has 0 aliphatic carbocycles. The van der Waals surface area contributed by atoms with Crippen molar-refractivity contribution in [3.8, 4) is 11.5 Å². The number of hydrogen-bond donors (Lipinski definition) is 0. The third kappa shape index (κ3) is 3.47. The van der Waals surface area contributed by atoms with Crippen molar-refractivity contribution in [3.63, 3.8) is 0 Å². The summed E-state index contributed by atoms with van der Waals surface area (Å²) in [5, 5.41) is 0. The van der Waals surface area contributed by atoms with Gasteiger partial charge in [0.25, 0.3) is 5.91 Å².